The number of likely N-dealkylation sites (tertiary alicyclic amines) is 1. The number of amides is 1. The van der Waals surface area contributed by atoms with Gasteiger partial charge in [-0.1, -0.05) is 17.7 Å². The van der Waals surface area contributed by atoms with Gasteiger partial charge in [-0.15, -0.1) is 0 Å². The summed E-state index contributed by atoms with van der Waals surface area (Å²) in [6, 6.07) is 6.84. The van der Waals surface area contributed by atoms with Gasteiger partial charge in [0.2, 0.25) is 15.9 Å². The molecule has 144 valence electrons. The van der Waals surface area contributed by atoms with Gasteiger partial charge in [-0.25, -0.2) is 13.1 Å². The molecular formula is C19H29N3O3S. The Kier molecular flexibility index (Phi) is 6.32. The average Bonchev–Trinajstić information content (AvgIpc) is 3.45. The van der Waals surface area contributed by atoms with E-state index in [1.54, 1.807) is 24.3 Å². The first kappa shape index (κ1) is 19.3. The van der Waals surface area contributed by atoms with Gasteiger partial charge in [0.15, 0.2) is 0 Å². The molecule has 1 aromatic carbocycles. The summed E-state index contributed by atoms with van der Waals surface area (Å²) in [5.41, 5.74) is 1.03. The second-order valence-corrected chi connectivity index (χ2v) is 9.35. The van der Waals surface area contributed by atoms with Crippen LogP contribution in [0.4, 0.5) is 0 Å². The van der Waals surface area contributed by atoms with E-state index in [0.29, 0.717) is 19.6 Å². The van der Waals surface area contributed by atoms with Crippen molar-refractivity contribution in [2.45, 2.75) is 37.5 Å². The van der Waals surface area contributed by atoms with E-state index in [1.807, 2.05) is 11.8 Å². The number of nitrogens with zero attached hydrogens (tertiary/aromatic N) is 1. The highest BCUT2D eigenvalue weighted by Gasteiger charge is 2.26. The standard InChI is InChI=1S/C19H29N3O3S/c1-15-4-8-18(9-5-15)26(24,25)21-12-17-3-2-10-22(14-17)19(23)13-20-11-16-6-7-16/h4-5,8-9,16-17,20-21H,2-3,6-7,10-14H2,1H3. The molecule has 2 fully saturated rings. The molecule has 1 aromatic rings. The van der Waals surface area contributed by atoms with Gasteiger partial charge >= 0.3 is 0 Å². The summed E-state index contributed by atoms with van der Waals surface area (Å²) < 4.78 is 27.5. The lowest BCUT2D eigenvalue weighted by atomic mass is 9.98. The van der Waals surface area contributed by atoms with Crippen LogP contribution >= 0.6 is 0 Å². The summed E-state index contributed by atoms with van der Waals surface area (Å²) in [6.07, 6.45) is 4.41. The Morgan fingerprint density at radius 1 is 1.12 bits per heavy atom. The van der Waals surface area contributed by atoms with Gasteiger partial charge in [0.25, 0.3) is 0 Å². The van der Waals surface area contributed by atoms with Crippen molar-refractivity contribution in [1.29, 1.82) is 0 Å². The number of benzene rings is 1. The van der Waals surface area contributed by atoms with Crippen LogP contribution < -0.4 is 10.0 Å². The highest BCUT2D eigenvalue weighted by molar-refractivity contribution is 7.89. The summed E-state index contributed by atoms with van der Waals surface area (Å²) >= 11 is 0. The zero-order valence-electron chi connectivity index (χ0n) is 15.4. The Morgan fingerprint density at radius 3 is 2.54 bits per heavy atom. The second-order valence-electron chi connectivity index (χ2n) is 7.59. The van der Waals surface area contributed by atoms with Crippen LogP contribution in [0.5, 0.6) is 0 Å². The summed E-state index contributed by atoms with van der Waals surface area (Å²) in [5, 5.41) is 3.24. The van der Waals surface area contributed by atoms with Gasteiger partial charge in [0.1, 0.15) is 0 Å². The quantitative estimate of drug-likeness (QED) is 0.718. The van der Waals surface area contributed by atoms with Crippen molar-refractivity contribution in [2.75, 3.05) is 32.7 Å². The molecule has 1 heterocycles. The maximum absolute atomic E-state index is 12.4. The maximum Gasteiger partial charge on any atom is 0.240 e. The van der Waals surface area contributed by atoms with Crippen LogP contribution in [0.1, 0.15) is 31.2 Å². The van der Waals surface area contributed by atoms with Gasteiger partial charge in [0, 0.05) is 19.6 Å². The molecule has 0 radical (unpaired) electrons. The van der Waals surface area contributed by atoms with Gasteiger partial charge in [-0.05, 0) is 63.1 Å². The molecule has 1 atom stereocenters. The van der Waals surface area contributed by atoms with E-state index in [4.69, 9.17) is 0 Å². The van der Waals surface area contributed by atoms with Crippen molar-refractivity contribution >= 4 is 15.9 Å². The van der Waals surface area contributed by atoms with Crippen LogP contribution in [0.25, 0.3) is 0 Å². The SMILES string of the molecule is Cc1ccc(S(=O)(=O)NCC2CCCN(C(=O)CNCC3CC3)C2)cc1. The first-order chi connectivity index (χ1) is 12.4. The molecule has 6 nitrogen and oxygen atoms in total. The van der Waals surface area contributed by atoms with Crippen molar-refractivity contribution in [3.8, 4) is 0 Å². The Bertz CT molecular complexity index is 714. The highest BCUT2D eigenvalue weighted by Crippen LogP contribution is 2.27. The van der Waals surface area contributed by atoms with Crippen LogP contribution in [0.2, 0.25) is 0 Å². The Balaban J connectivity index is 1.46. The number of aryl methyl sites for hydroxylation is 1. The molecule has 0 spiro atoms. The lowest BCUT2D eigenvalue weighted by molar-refractivity contribution is -0.131. The predicted molar refractivity (Wildman–Crippen MR) is 101 cm³/mol. The average molecular weight is 380 g/mol. The van der Waals surface area contributed by atoms with E-state index >= 15 is 0 Å². The fraction of sp³-hybridized carbons (Fsp3) is 0.632. The molecule has 1 saturated heterocycles. The van der Waals surface area contributed by atoms with E-state index < -0.39 is 10.0 Å². The fourth-order valence-corrected chi connectivity index (χ4v) is 4.42. The minimum absolute atomic E-state index is 0.122. The van der Waals surface area contributed by atoms with Crippen molar-refractivity contribution in [2.24, 2.45) is 11.8 Å². The number of sulfonamides is 1. The number of carbonyl (C=O) groups is 1. The van der Waals surface area contributed by atoms with Crippen LogP contribution in [0, 0.1) is 18.8 Å². The molecule has 2 N–H and O–H groups in total. The number of carbonyl (C=O) groups excluding carboxylic acids is 1. The van der Waals surface area contributed by atoms with E-state index in [1.165, 1.54) is 12.8 Å². The van der Waals surface area contributed by atoms with Crippen molar-refractivity contribution in [1.82, 2.24) is 14.9 Å². The van der Waals surface area contributed by atoms with Crippen LogP contribution in [0.3, 0.4) is 0 Å². The molecule has 1 aliphatic carbocycles. The van der Waals surface area contributed by atoms with Crippen molar-refractivity contribution in [3.05, 3.63) is 29.8 Å². The number of nitrogens with one attached hydrogen (secondary N) is 2. The Labute approximate surface area is 156 Å². The largest absolute Gasteiger partial charge is 0.341 e. The summed E-state index contributed by atoms with van der Waals surface area (Å²) in [4.78, 5) is 14.5. The van der Waals surface area contributed by atoms with Crippen molar-refractivity contribution < 1.29 is 13.2 Å². The lowest BCUT2D eigenvalue weighted by Gasteiger charge is -2.33. The van der Waals surface area contributed by atoms with Crippen LogP contribution in [0.15, 0.2) is 29.2 Å². The minimum Gasteiger partial charge on any atom is -0.341 e. The molecule has 1 amide bonds. The zero-order chi connectivity index (χ0) is 18.6. The predicted octanol–water partition coefficient (Wildman–Crippen LogP) is 1.51. The molecule has 26 heavy (non-hydrogen) atoms. The number of hydrogen-bond acceptors (Lipinski definition) is 4. The topological polar surface area (TPSA) is 78.5 Å². The second kappa shape index (κ2) is 8.50. The van der Waals surface area contributed by atoms with E-state index in [2.05, 4.69) is 10.0 Å². The maximum atomic E-state index is 12.4. The molecule has 3 rings (SSSR count). The zero-order valence-corrected chi connectivity index (χ0v) is 16.2. The van der Waals surface area contributed by atoms with Crippen LogP contribution in [-0.4, -0.2) is 51.9 Å². The lowest BCUT2D eigenvalue weighted by Crippen LogP contribution is -2.46. The molecule has 1 unspecified atom stereocenters. The van der Waals surface area contributed by atoms with E-state index in [0.717, 1.165) is 37.4 Å². The monoisotopic (exact) mass is 379 g/mol. The molecule has 1 saturated carbocycles. The first-order valence-electron chi connectivity index (χ1n) is 9.49. The number of hydrogen-bond donors (Lipinski definition) is 2. The first-order valence-corrected chi connectivity index (χ1v) is 11.0. The number of rotatable bonds is 8. The normalized spacial score (nSPS) is 21.0. The molecule has 7 heteroatoms. The Morgan fingerprint density at radius 2 is 1.85 bits per heavy atom. The van der Waals surface area contributed by atoms with E-state index in [9.17, 15) is 13.2 Å². The van der Waals surface area contributed by atoms with Crippen LogP contribution in [-0.2, 0) is 14.8 Å². The third-order valence-corrected chi connectivity index (χ3v) is 6.61. The van der Waals surface area contributed by atoms with Gasteiger partial charge < -0.3 is 10.2 Å². The molecule has 2 aliphatic rings. The molecular weight excluding hydrogens is 350 g/mol. The number of piperidine rings is 1. The highest BCUT2D eigenvalue weighted by atomic mass is 32.2. The minimum atomic E-state index is -3.50. The van der Waals surface area contributed by atoms with Gasteiger partial charge in [-0.2, -0.15) is 0 Å². The Hall–Kier alpha value is -1.44. The van der Waals surface area contributed by atoms with E-state index in [-0.39, 0.29) is 16.7 Å². The third-order valence-electron chi connectivity index (χ3n) is 5.17. The summed E-state index contributed by atoms with van der Waals surface area (Å²) in [7, 11) is -3.50. The van der Waals surface area contributed by atoms with Gasteiger partial charge in [0.05, 0.1) is 11.4 Å². The molecule has 0 bridgehead atoms. The summed E-state index contributed by atoms with van der Waals surface area (Å²) in [5.74, 6) is 1.04. The van der Waals surface area contributed by atoms with Crippen molar-refractivity contribution in [3.63, 3.8) is 0 Å². The smallest absolute Gasteiger partial charge is 0.240 e. The molecule has 1 aliphatic heterocycles. The summed E-state index contributed by atoms with van der Waals surface area (Å²) in [6.45, 7) is 5.01. The molecule has 0 aromatic heterocycles. The third kappa shape index (κ3) is 5.53. The fourth-order valence-electron chi connectivity index (χ4n) is 3.30. The van der Waals surface area contributed by atoms with Gasteiger partial charge in [-0.3, -0.25) is 4.79 Å².